The molecule has 0 fully saturated rings. The van der Waals surface area contributed by atoms with Crippen LogP contribution < -0.4 is 11.3 Å². The number of hydrazine groups is 1. The zero-order valence-corrected chi connectivity index (χ0v) is 11.1. The van der Waals surface area contributed by atoms with Crippen molar-refractivity contribution in [3.63, 3.8) is 0 Å². The first-order valence-electron chi connectivity index (χ1n) is 5.34. The van der Waals surface area contributed by atoms with Gasteiger partial charge in [-0.05, 0) is 35.7 Å². The molecule has 0 saturated heterocycles. The van der Waals surface area contributed by atoms with E-state index in [9.17, 15) is 0 Å². The molecule has 4 heteroatoms. The third-order valence-electron chi connectivity index (χ3n) is 2.58. The fourth-order valence-electron chi connectivity index (χ4n) is 1.81. The Morgan fingerprint density at radius 3 is 2.71 bits per heavy atom. The lowest BCUT2D eigenvalue weighted by molar-refractivity contribution is 0.634. The highest BCUT2D eigenvalue weighted by molar-refractivity contribution is 9.10. The van der Waals surface area contributed by atoms with Crippen LogP contribution in [0.25, 0.3) is 0 Å². The summed E-state index contributed by atoms with van der Waals surface area (Å²) in [6.07, 6.45) is 3.66. The summed E-state index contributed by atoms with van der Waals surface area (Å²) in [4.78, 5) is 4.19. The maximum atomic E-state index is 5.64. The smallest absolute Gasteiger partial charge is 0.0725 e. The van der Waals surface area contributed by atoms with Crippen molar-refractivity contribution in [2.24, 2.45) is 5.84 Å². The van der Waals surface area contributed by atoms with E-state index >= 15 is 0 Å². The minimum Gasteiger partial charge on any atom is -0.271 e. The molecule has 1 unspecified atom stereocenters. The van der Waals surface area contributed by atoms with E-state index in [1.165, 1.54) is 0 Å². The van der Waals surface area contributed by atoms with Crippen LogP contribution in [-0.4, -0.2) is 4.98 Å². The monoisotopic (exact) mass is 291 g/mol. The molecule has 0 bridgehead atoms. The van der Waals surface area contributed by atoms with Gasteiger partial charge in [-0.15, -0.1) is 0 Å². The number of nitrogens with one attached hydrogen (secondary N) is 1. The van der Waals surface area contributed by atoms with Gasteiger partial charge in [0.2, 0.25) is 0 Å². The highest BCUT2D eigenvalue weighted by Crippen LogP contribution is 2.23. The highest BCUT2D eigenvalue weighted by atomic mass is 79.9. The van der Waals surface area contributed by atoms with Gasteiger partial charge in [-0.3, -0.25) is 10.8 Å². The van der Waals surface area contributed by atoms with E-state index in [2.05, 4.69) is 32.4 Å². The molecule has 0 spiro atoms. The summed E-state index contributed by atoms with van der Waals surface area (Å²) >= 11 is 3.46. The van der Waals surface area contributed by atoms with E-state index < -0.39 is 0 Å². The zero-order valence-electron chi connectivity index (χ0n) is 9.52. The number of aryl methyl sites for hydroxylation is 1. The Bertz CT molecular complexity index is 468. The number of halogens is 1. The number of nitrogens with two attached hydrogens (primary N) is 1. The van der Waals surface area contributed by atoms with Crippen LogP contribution in [0.3, 0.4) is 0 Å². The zero-order chi connectivity index (χ0) is 12.3. The van der Waals surface area contributed by atoms with Crippen LogP contribution in [-0.2, 0) is 0 Å². The van der Waals surface area contributed by atoms with Crippen LogP contribution >= 0.6 is 15.9 Å². The van der Waals surface area contributed by atoms with E-state index in [1.807, 2.05) is 43.6 Å². The van der Waals surface area contributed by atoms with Crippen LogP contribution in [0.15, 0.2) is 47.2 Å². The molecule has 2 rings (SSSR count). The van der Waals surface area contributed by atoms with Crippen LogP contribution in [0.2, 0.25) is 0 Å². The first-order valence-corrected chi connectivity index (χ1v) is 6.13. The maximum Gasteiger partial charge on any atom is 0.0725 e. The summed E-state index contributed by atoms with van der Waals surface area (Å²) < 4.78 is 1.04. The molecule has 1 aromatic heterocycles. The van der Waals surface area contributed by atoms with Crippen molar-refractivity contribution in [3.8, 4) is 0 Å². The van der Waals surface area contributed by atoms with E-state index in [1.54, 1.807) is 0 Å². The van der Waals surface area contributed by atoms with Gasteiger partial charge in [-0.2, -0.15) is 0 Å². The molecule has 1 atom stereocenters. The molecule has 0 amide bonds. The van der Waals surface area contributed by atoms with E-state index in [4.69, 9.17) is 5.84 Å². The molecule has 0 aliphatic rings. The topological polar surface area (TPSA) is 50.9 Å². The molecule has 0 saturated carbocycles. The van der Waals surface area contributed by atoms with E-state index in [-0.39, 0.29) is 6.04 Å². The van der Waals surface area contributed by atoms with Gasteiger partial charge in [0.25, 0.3) is 0 Å². The Morgan fingerprint density at radius 2 is 2.06 bits per heavy atom. The quantitative estimate of drug-likeness (QED) is 0.675. The lowest BCUT2D eigenvalue weighted by Gasteiger charge is -2.17. The number of hydrogen-bond acceptors (Lipinski definition) is 3. The van der Waals surface area contributed by atoms with Crippen molar-refractivity contribution in [3.05, 3.63) is 63.9 Å². The lowest BCUT2D eigenvalue weighted by atomic mass is 10.00. The third kappa shape index (κ3) is 2.91. The maximum absolute atomic E-state index is 5.64. The first-order chi connectivity index (χ1) is 8.20. The predicted octanol–water partition coefficient (Wildman–Crippen LogP) is 2.71. The minimum absolute atomic E-state index is 0.0418. The molecule has 2 aromatic rings. The Labute approximate surface area is 109 Å². The van der Waals surface area contributed by atoms with Gasteiger partial charge in [0, 0.05) is 16.9 Å². The van der Waals surface area contributed by atoms with E-state index in [0.717, 1.165) is 21.2 Å². The molecule has 88 valence electrons. The molecule has 3 N–H and O–H groups in total. The second-order valence-corrected chi connectivity index (χ2v) is 4.87. The molecular weight excluding hydrogens is 278 g/mol. The minimum atomic E-state index is -0.0418. The standard InChI is InChI=1S/C13H14BrN3/c1-9-5-11(8-16-7-9)13(17-15)10-3-2-4-12(14)6-10/h2-8,13,17H,15H2,1H3. The van der Waals surface area contributed by atoms with Gasteiger partial charge in [0.05, 0.1) is 6.04 Å². The van der Waals surface area contributed by atoms with Crippen LogP contribution in [0.5, 0.6) is 0 Å². The third-order valence-corrected chi connectivity index (χ3v) is 3.07. The van der Waals surface area contributed by atoms with Crippen molar-refractivity contribution in [2.75, 3.05) is 0 Å². The molecule has 0 radical (unpaired) electrons. The van der Waals surface area contributed by atoms with Gasteiger partial charge in [0.1, 0.15) is 0 Å². The van der Waals surface area contributed by atoms with E-state index in [0.29, 0.717) is 0 Å². The highest BCUT2D eigenvalue weighted by Gasteiger charge is 2.12. The van der Waals surface area contributed by atoms with Crippen molar-refractivity contribution >= 4 is 15.9 Å². The Morgan fingerprint density at radius 1 is 1.24 bits per heavy atom. The molecule has 3 nitrogen and oxygen atoms in total. The fraction of sp³-hybridized carbons (Fsp3) is 0.154. The fourth-order valence-corrected chi connectivity index (χ4v) is 2.22. The number of pyridine rings is 1. The van der Waals surface area contributed by atoms with Crippen molar-refractivity contribution in [1.29, 1.82) is 0 Å². The lowest BCUT2D eigenvalue weighted by Crippen LogP contribution is -2.29. The average Bonchev–Trinajstić information content (AvgIpc) is 2.30. The van der Waals surface area contributed by atoms with Gasteiger partial charge >= 0.3 is 0 Å². The van der Waals surface area contributed by atoms with Gasteiger partial charge in [0.15, 0.2) is 0 Å². The average molecular weight is 292 g/mol. The Kier molecular flexibility index (Phi) is 3.89. The molecule has 0 aliphatic carbocycles. The summed E-state index contributed by atoms with van der Waals surface area (Å²) in [5.41, 5.74) is 6.12. The first kappa shape index (κ1) is 12.2. The summed E-state index contributed by atoms with van der Waals surface area (Å²) in [5.74, 6) is 5.64. The second-order valence-electron chi connectivity index (χ2n) is 3.95. The van der Waals surface area contributed by atoms with Crippen LogP contribution in [0.4, 0.5) is 0 Å². The van der Waals surface area contributed by atoms with Crippen LogP contribution in [0.1, 0.15) is 22.7 Å². The molecule has 1 aromatic carbocycles. The summed E-state index contributed by atoms with van der Waals surface area (Å²) in [7, 11) is 0. The SMILES string of the molecule is Cc1cncc(C(NN)c2cccc(Br)c2)c1. The van der Waals surface area contributed by atoms with Gasteiger partial charge in [-0.1, -0.05) is 34.1 Å². The summed E-state index contributed by atoms with van der Waals surface area (Å²) in [5, 5.41) is 0. The van der Waals surface area contributed by atoms with Crippen molar-refractivity contribution < 1.29 is 0 Å². The van der Waals surface area contributed by atoms with Gasteiger partial charge < -0.3 is 0 Å². The van der Waals surface area contributed by atoms with Crippen molar-refractivity contribution in [2.45, 2.75) is 13.0 Å². The number of benzene rings is 1. The normalized spacial score (nSPS) is 12.4. The predicted molar refractivity (Wildman–Crippen MR) is 72.3 cm³/mol. The number of nitrogens with zero attached hydrogens (tertiary/aromatic N) is 1. The van der Waals surface area contributed by atoms with Gasteiger partial charge in [-0.25, -0.2) is 5.43 Å². The molecular formula is C13H14BrN3. The summed E-state index contributed by atoms with van der Waals surface area (Å²) in [6, 6.07) is 10.1. The van der Waals surface area contributed by atoms with Crippen molar-refractivity contribution in [1.82, 2.24) is 10.4 Å². The number of aromatic nitrogens is 1. The molecule has 17 heavy (non-hydrogen) atoms. The molecule has 1 heterocycles. The largest absolute Gasteiger partial charge is 0.271 e. The Balaban J connectivity index is 2.40. The summed E-state index contributed by atoms with van der Waals surface area (Å²) in [6.45, 7) is 2.02. The number of hydrogen-bond donors (Lipinski definition) is 2. The second kappa shape index (κ2) is 5.40. The number of rotatable bonds is 3. The Hall–Kier alpha value is -1.23. The molecule has 0 aliphatic heterocycles. The van der Waals surface area contributed by atoms with Crippen LogP contribution in [0, 0.1) is 6.92 Å².